The maximum absolute atomic E-state index is 11.0. The molecule has 2 aromatic rings. The summed E-state index contributed by atoms with van der Waals surface area (Å²) >= 11 is 0. The summed E-state index contributed by atoms with van der Waals surface area (Å²) < 4.78 is 5.02. The number of fused-ring (bicyclic) bond motifs is 1. The van der Waals surface area contributed by atoms with E-state index in [1.54, 1.807) is 18.2 Å². The smallest absolute Gasteiger partial charge is 0.336 e. The topological polar surface area (TPSA) is 66.8 Å². The quantitative estimate of drug-likeness (QED) is 0.811. The average Bonchev–Trinajstić information content (AvgIpc) is 2.29. The lowest BCUT2D eigenvalue weighted by Crippen LogP contribution is -1.97. The fraction of sp³-hybridized carbons (Fsp3) is 0.0833. The molecule has 0 atom stereocenters. The molecule has 0 amide bonds. The first-order valence-corrected chi connectivity index (χ1v) is 4.66. The van der Waals surface area contributed by atoms with E-state index in [2.05, 4.69) is 0 Å². The van der Waals surface area contributed by atoms with Crippen LogP contribution in [-0.2, 0) is 0 Å². The molecular weight excluding hydrogens is 208 g/mol. The summed E-state index contributed by atoms with van der Waals surface area (Å²) in [6.07, 6.45) is 0. The van der Waals surface area contributed by atoms with Gasteiger partial charge in [-0.3, -0.25) is 0 Å². The molecule has 4 heteroatoms. The van der Waals surface area contributed by atoms with E-state index in [0.29, 0.717) is 16.5 Å². The average molecular weight is 218 g/mol. The van der Waals surface area contributed by atoms with E-state index in [-0.39, 0.29) is 11.3 Å². The highest BCUT2D eigenvalue weighted by Crippen LogP contribution is 2.30. The van der Waals surface area contributed by atoms with E-state index < -0.39 is 5.97 Å². The minimum absolute atomic E-state index is 0.0406. The van der Waals surface area contributed by atoms with Crippen molar-refractivity contribution in [2.75, 3.05) is 7.11 Å². The van der Waals surface area contributed by atoms with E-state index in [9.17, 15) is 9.90 Å². The zero-order valence-electron chi connectivity index (χ0n) is 8.60. The maximum Gasteiger partial charge on any atom is 0.336 e. The summed E-state index contributed by atoms with van der Waals surface area (Å²) in [4.78, 5) is 11.0. The number of phenols is 1. The highest BCUT2D eigenvalue weighted by molar-refractivity contribution is 6.05. The molecule has 82 valence electrons. The van der Waals surface area contributed by atoms with Crippen LogP contribution in [0.25, 0.3) is 10.8 Å². The van der Waals surface area contributed by atoms with Crippen molar-refractivity contribution in [3.63, 3.8) is 0 Å². The van der Waals surface area contributed by atoms with Crippen molar-refractivity contribution in [1.29, 1.82) is 0 Å². The van der Waals surface area contributed by atoms with Crippen LogP contribution in [-0.4, -0.2) is 23.3 Å². The van der Waals surface area contributed by atoms with Gasteiger partial charge in [0.2, 0.25) is 0 Å². The Hall–Kier alpha value is -2.23. The van der Waals surface area contributed by atoms with Crippen LogP contribution in [0.15, 0.2) is 30.3 Å². The molecule has 2 aromatic carbocycles. The molecule has 0 spiro atoms. The van der Waals surface area contributed by atoms with Crippen LogP contribution in [0.4, 0.5) is 0 Å². The molecule has 2 N–H and O–H groups in total. The number of benzene rings is 2. The van der Waals surface area contributed by atoms with E-state index in [0.717, 1.165) is 0 Å². The number of carbonyl (C=O) groups is 1. The SMILES string of the molecule is COc1ccc2c(C(=O)O)ccc(O)c2c1. The van der Waals surface area contributed by atoms with Crippen molar-refractivity contribution < 1.29 is 19.7 Å². The van der Waals surface area contributed by atoms with Gasteiger partial charge in [-0.25, -0.2) is 4.79 Å². The third kappa shape index (κ3) is 1.54. The van der Waals surface area contributed by atoms with Crippen LogP contribution in [0.5, 0.6) is 11.5 Å². The van der Waals surface area contributed by atoms with E-state index >= 15 is 0 Å². The number of ether oxygens (including phenoxy) is 1. The van der Waals surface area contributed by atoms with E-state index in [1.165, 1.54) is 19.2 Å². The van der Waals surface area contributed by atoms with Gasteiger partial charge in [0.1, 0.15) is 11.5 Å². The van der Waals surface area contributed by atoms with Crippen molar-refractivity contribution in [2.24, 2.45) is 0 Å². The third-order valence-corrected chi connectivity index (χ3v) is 2.43. The Kier molecular flexibility index (Phi) is 2.40. The Morgan fingerprint density at radius 1 is 1.19 bits per heavy atom. The molecule has 0 aliphatic heterocycles. The highest BCUT2D eigenvalue weighted by Gasteiger charge is 2.11. The second kappa shape index (κ2) is 3.73. The molecule has 0 aliphatic rings. The minimum atomic E-state index is -1.02. The fourth-order valence-corrected chi connectivity index (χ4v) is 1.63. The van der Waals surface area contributed by atoms with Crippen LogP contribution in [0.3, 0.4) is 0 Å². The van der Waals surface area contributed by atoms with Crippen molar-refractivity contribution in [3.05, 3.63) is 35.9 Å². The van der Waals surface area contributed by atoms with Crippen molar-refractivity contribution in [3.8, 4) is 11.5 Å². The third-order valence-electron chi connectivity index (χ3n) is 2.43. The van der Waals surface area contributed by atoms with Crippen molar-refractivity contribution in [2.45, 2.75) is 0 Å². The molecule has 4 nitrogen and oxygen atoms in total. The summed E-state index contributed by atoms with van der Waals surface area (Å²) in [5, 5.41) is 19.6. The molecule has 0 fully saturated rings. The zero-order valence-corrected chi connectivity index (χ0v) is 8.60. The predicted molar refractivity (Wildman–Crippen MR) is 59.1 cm³/mol. The van der Waals surface area contributed by atoms with Gasteiger partial charge in [0.05, 0.1) is 12.7 Å². The van der Waals surface area contributed by atoms with Crippen molar-refractivity contribution >= 4 is 16.7 Å². The number of phenolic OH excluding ortho intramolecular Hbond substituents is 1. The first-order valence-electron chi connectivity index (χ1n) is 4.66. The van der Waals surface area contributed by atoms with Gasteiger partial charge in [-0.2, -0.15) is 0 Å². The Morgan fingerprint density at radius 2 is 1.94 bits per heavy atom. The summed E-state index contributed by atoms with van der Waals surface area (Å²) in [6.45, 7) is 0. The Morgan fingerprint density at radius 3 is 2.56 bits per heavy atom. The number of hydrogen-bond donors (Lipinski definition) is 2. The van der Waals surface area contributed by atoms with Gasteiger partial charge in [-0.15, -0.1) is 0 Å². The highest BCUT2D eigenvalue weighted by atomic mass is 16.5. The molecule has 0 saturated heterocycles. The van der Waals surface area contributed by atoms with Gasteiger partial charge < -0.3 is 14.9 Å². The van der Waals surface area contributed by atoms with Crippen LogP contribution in [0.2, 0.25) is 0 Å². The lowest BCUT2D eigenvalue weighted by atomic mass is 10.0. The van der Waals surface area contributed by atoms with Gasteiger partial charge in [-0.1, -0.05) is 0 Å². The summed E-state index contributed by atoms with van der Waals surface area (Å²) in [7, 11) is 1.51. The number of carboxylic acids is 1. The van der Waals surface area contributed by atoms with Crippen LogP contribution in [0.1, 0.15) is 10.4 Å². The van der Waals surface area contributed by atoms with Gasteiger partial charge in [-0.05, 0) is 30.3 Å². The lowest BCUT2D eigenvalue weighted by molar-refractivity contribution is 0.0699. The molecule has 0 heterocycles. The standard InChI is InChI=1S/C12H10O4/c1-16-7-2-3-8-9(12(14)15)4-5-11(13)10(8)6-7/h2-6,13H,1H3,(H,14,15). The molecule has 0 aliphatic carbocycles. The number of hydrogen-bond acceptors (Lipinski definition) is 3. The predicted octanol–water partition coefficient (Wildman–Crippen LogP) is 2.25. The van der Waals surface area contributed by atoms with E-state index in [4.69, 9.17) is 9.84 Å². The fourth-order valence-electron chi connectivity index (χ4n) is 1.63. The number of methoxy groups -OCH3 is 1. The number of aromatic hydroxyl groups is 1. The lowest BCUT2D eigenvalue weighted by Gasteiger charge is -2.06. The molecule has 2 rings (SSSR count). The Bertz CT molecular complexity index is 560. The van der Waals surface area contributed by atoms with Crippen LogP contribution < -0.4 is 4.74 Å². The van der Waals surface area contributed by atoms with Crippen LogP contribution in [0, 0.1) is 0 Å². The molecule has 0 saturated carbocycles. The molecule has 0 bridgehead atoms. The summed E-state index contributed by atoms with van der Waals surface area (Å²) in [6, 6.07) is 7.64. The Labute approximate surface area is 91.7 Å². The minimum Gasteiger partial charge on any atom is -0.507 e. The van der Waals surface area contributed by atoms with E-state index in [1.807, 2.05) is 0 Å². The number of carboxylic acid groups (broad SMARTS) is 1. The monoisotopic (exact) mass is 218 g/mol. The van der Waals surface area contributed by atoms with Crippen LogP contribution >= 0.6 is 0 Å². The largest absolute Gasteiger partial charge is 0.507 e. The molecule has 0 radical (unpaired) electrons. The molecule has 16 heavy (non-hydrogen) atoms. The zero-order chi connectivity index (χ0) is 11.7. The summed E-state index contributed by atoms with van der Waals surface area (Å²) in [5.41, 5.74) is 0.162. The second-order valence-corrected chi connectivity index (χ2v) is 3.35. The van der Waals surface area contributed by atoms with Gasteiger partial charge >= 0.3 is 5.97 Å². The van der Waals surface area contributed by atoms with Gasteiger partial charge in [0.15, 0.2) is 0 Å². The first kappa shape index (κ1) is 10.3. The number of rotatable bonds is 2. The first-order chi connectivity index (χ1) is 7.63. The Balaban J connectivity index is 2.80. The number of aromatic carboxylic acids is 1. The molecular formula is C12H10O4. The molecule has 0 unspecified atom stereocenters. The van der Waals surface area contributed by atoms with Gasteiger partial charge in [0.25, 0.3) is 0 Å². The second-order valence-electron chi connectivity index (χ2n) is 3.35. The molecule has 0 aromatic heterocycles. The summed E-state index contributed by atoms with van der Waals surface area (Å²) in [5.74, 6) is -0.403. The van der Waals surface area contributed by atoms with Gasteiger partial charge in [0, 0.05) is 10.8 Å². The maximum atomic E-state index is 11.0. The van der Waals surface area contributed by atoms with Crippen molar-refractivity contribution in [1.82, 2.24) is 0 Å². The normalized spacial score (nSPS) is 10.3.